The van der Waals surface area contributed by atoms with Crippen LogP contribution in [-0.2, 0) is 12.0 Å². The lowest BCUT2D eigenvalue weighted by Gasteiger charge is -2.24. The van der Waals surface area contributed by atoms with Gasteiger partial charge in [0.1, 0.15) is 4.88 Å². The minimum Gasteiger partial charge on any atom is -0.477 e. The average molecular weight is 361 g/mol. The number of thiophene rings is 1. The fourth-order valence-corrected chi connectivity index (χ4v) is 5.22. The zero-order valence-corrected chi connectivity index (χ0v) is 15.4. The highest BCUT2D eigenvalue weighted by molar-refractivity contribution is 7.13. The van der Waals surface area contributed by atoms with Gasteiger partial charge in [0, 0.05) is 30.4 Å². The van der Waals surface area contributed by atoms with Gasteiger partial charge in [0.25, 0.3) is 0 Å². The van der Waals surface area contributed by atoms with Crippen molar-refractivity contribution in [2.45, 2.75) is 51.0 Å². The number of fused-ring (bicyclic) bond motifs is 1. The summed E-state index contributed by atoms with van der Waals surface area (Å²) in [7, 11) is 0. The fraction of sp³-hybridized carbons (Fsp3) is 0.611. The minimum absolute atomic E-state index is 0.0208. The predicted molar refractivity (Wildman–Crippen MR) is 94.0 cm³/mol. The molecule has 0 spiro atoms. The maximum atomic E-state index is 11.1. The van der Waals surface area contributed by atoms with Crippen LogP contribution in [0.2, 0.25) is 0 Å². The lowest BCUT2D eigenvalue weighted by Crippen LogP contribution is -2.32. The number of carboxylic acid groups (broad SMARTS) is 1. The first-order chi connectivity index (χ1) is 12.0. The van der Waals surface area contributed by atoms with Crippen molar-refractivity contribution < 1.29 is 14.4 Å². The van der Waals surface area contributed by atoms with Gasteiger partial charge in [0.2, 0.25) is 5.89 Å². The van der Waals surface area contributed by atoms with Crippen LogP contribution in [0.5, 0.6) is 0 Å². The first-order valence-corrected chi connectivity index (χ1v) is 9.68. The van der Waals surface area contributed by atoms with Gasteiger partial charge in [-0.05, 0) is 30.9 Å². The Kier molecular flexibility index (Phi) is 4.16. The van der Waals surface area contributed by atoms with Gasteiger partial charge in [-0.1, -0.05) is 25.4 Å². The second kappa shape index (κ2) is 6.21. The first kappa shape index (κ1) is 16.7. The van der Waals surface area contributed by atoms with Crippen molar-refractivity contribution in [2.24, 2.45) is 5.92 Å². The van der Waals surface area contributed by atoms with Gasteiger partial charge in [-0.15, -0.1) is 11.3 Å². The molecule has 3 heterocycles. The SMILES string of the molecule is CC(C)c1noc([C@]23CCC[C@H]2CN(Cc2ccc(C(=O)O)s2)C3)n1. The Hall–Kier alpha value is -1.73. The molecule has 2 aromatic rings. The summed E-state index contributed by atoms with van der Waals surface area (Å²) in [4.78, 5) is 19.7. The third-order valence-electron chi connectivity index (χ3n) is 5.58. The third kappa shape index (κ3) is 2.89. The van der Waals surface area contributed by atoms with Gasteiger partial charge in [0.15, 0.2) is 5.82 Å². The van der Waals surface area contributed by atoms with E-state index in [9.17, 15) is 4.79 Å². The molecule has 0 aromatic carbocycles. The lowest BCUT2D eigenvalue weighted by molar-refractivity contribution is 0.0702. The van der Waals surface area contributed by atoms with E-state index in [2.05, 4.69) is 23.9 Å². The molecular weight excluding hydrogens is 338 g/mol. The molecule has 0 amide bonds. The summed E-state index contributed by atoms with van der Waals surface area (Å²) >= 11 is 1.37. The van der Waals surface area contributed by atoms with E-state index in [4.69, 9.17) is 14.6 Å². The number of hydrogen-bond acceptors (Lipinski definition) is 6. The summed E-state index contributed by atoms with van der Waals surface area (Å²) in [5.74, 6) is 1.56. The van der Waals surface area contributed by atoms with Crippen LogP contribution in [-0.4, -0.2) is 39.2 Å². The van der Waals surface area contributed by atoms with Crippen LogP contribution in [0.4, 0.5) is 0 Å². The summed E-state index contributed by atoms with van der Waals surface area (Å²) in [6, 6.07) is 3.63. The molecule has 1 N–H and O–H groups in total. The molecule has 6 nitrogen and oxygen atoms in total. The quantitative estimate of drug-likeness (QED) is 0.878. The number of rotatable bonds is 5. The highest BCUT2D eigenvalue weighted by Crippen LogP contribution is 2.50. The zero-order chi connectivity index (χ0) is 17.6. The standard InChI is InChI=1S/C18H23N3O3S/c1-11(2)15-19-17(24-20-15)18-7-3-4-12(18)8-21(10-18)9-13-5-6-14(25-13)16(22)23/h5-6,11-12H,3-4,7-10H2,1-2H3,(H,22,23)/t12-,18-/m0/s1. The molecule has 7 heteroatoms. The molecule has 2 fully saturated rings. The molecule has 0 radical (unpaired) electrons. The minimum atomic E-state index is -0.849. The van der Waals surface area contributed by atoms with E-state index in [1.54, 1.807) is 6.07 Å². The number of carboxylic acids is 1. The van der Waals surface area contributed by atoms with Gasteiger partial charge < -0.3 is 9.63 Å². The smallest absolute Gasteiger partial charge is 0.345 e. The summed E-state index contributed by atoms with van der Waals surface area (Å²) in [6.07, 6.45) is 3.50. The second-order valence-corrected chi connectivity index (χ2v) is 8.77. The molecule has 2 aromatic heterocycles. The van der Waals surface area contributed by atoms with E-state index in [1.165, 1.54) is 24.2 Å². The van der Waals surface area contributed by atoms with Crippen molar-refractivity contribution in [3.63, 3.8) is 0 Å². The van der Waals surface area contributed by atoms with E-state index in [1.807, 2.05) is 6.07 Å². The molecule has 4 rings (SSSR count). The van der Waals surface area contributed by atoms with Crippen molar-refractivity contribution in [1.82, 2.24) is 15.0 Å². The summed E-state index contributed by atoms with van der Waals surface area (Å²) in [6.45, 7) is 6.88. The molecule has 0 unspecified atom stereocenters. The Morgan fingerprint density at radius 2 is 2.36 bits per heavy atom. The Bertz CT molecular complexity index is 784. The normalized spacial score (nSPS) is 26.4. The highest BCUT2D eigenvalue weighted by Gasteiger charge is 2.54. The number of nitrogens with zero attached hydrogens (tertiary/aromatic N) is 3. The monoisotopic (exact) mass is 361 g/mol. The van der Waals surface area contributed by atoms with Crippen LogP contribution < -0.4 is 0 Å². The maximum Gasteiger partial charge on any atom is 0.345 e. The van der Waals surface area contributed by atoms with Crippen molar-refractivity contribution >= 4 is 17.3 Å². The molecular formula is C18H23N3O3S. The number of carbonyl (C=O) groups is 1. The predicted octanol–water partition coefficient (Wildman–Crippen LogP) is 3.51. The highest BCUT2D eigenvalue weighted by atomic mass is 32.1. The Morgan fingerprint density at radius 3 is 3.04 bits per heavy atom. The van der Waals surface area contributed by atoms with Gasteiger partial charge >= 0.3 is 5.97 Å². The summed E-state index contributed by atoms with van der Waals surface area (Å²) < 4.78 is 5.69. The Balaban J connectivity index is 1.53. The molecule has 1 saturated carbocycles. The van der Waals surface area contributed by atoms with Crippen LogP contribution in [0, 0.1) is 5.92 Å². The van der Waals surface area contributed by atoms with Crippen LogP contribution in [0.15, 0.2) is 16.7 Å². The van der Waals surface area contributed by atoms with Crippen LogP contribution in [0.1, 0.15) is 65.3 Å². The van der Waals surface area contributed by atoms with E-state index in [0.29, 0.717) is 10.8 Å². The van der Waals surface area contributed by atoms with Gasteiger partial charge in [-0.2, -0.15) is 4.98 Å². The van der Waals surface area contributed by atoms with E-state index in [0.717, 1.165) is 42.6 Å². The number of hydrogen-bond donors (Lipinski definition) is 1. The number of aromatic nitrogens is 2. The van der Waals surface area contributed by atoms with Crippen molar-refractivity contribution in [2.75, 3.05) is 13.1 Å². The molecule has 134 valence electrons. The van der Waals surface area contributed by atoms with Crippen molar-refractivity contribution in [1.29, 1.82) is 0 Å². The largest absolute Gasteiger partial charge is 0.477 e. The van der Waals surface area contributed by atoms with Crippen molar-refractivity contribution in [3.05, 3.63) is 33.6 Å². The maximum absolute atomic E-state index is 11.1. The molecule has 25 heavy (non-hydrogen) atoms. The number of likely N-dealkylation sites (tertiary alicyclic amines) is 1. The average Bonchev–Trinajstić information content (AvgIpc) is 3.29. The van der Waals surface area contributed by atoms with Crippen molar-refractivity contribution in [3.8, 4) is 0 Å². The Labute approximate surface area is 150 Å². The summed E-state index contributed by atoms with van der Waals surface area (Å²) in [5.41, 5.74) is -0.0208. The molecule has 1 aliphatic heterocycles. The van der Waals surface area contributed by atoms with Gasteiger partial charge in [0.05, 0.1) is 5.41 Å². The fourth-order valence-electron chi connectivity index (χ4n) is 4.33. The molecule has 1 saturated heterocycles. The molecule has 1 aliphatic carbocycles. The molecule has 2 atom stereocenters. The van der Waals surface area contributed by atoms with Crippen LogP contribution in [0.3, 0.4) is 0 Å². The van der Waals surface area contributed by atoms with E-state index in [-0.39, 0.29) is 11.3 Å². The zero-order valence-electron chi connectivity index (χ0n) is 14.6. The molecule has 2 aliphatic rings. The molecule has 0 bridgehead atoms. The second-order valence-electron chi connectivity index (χ2n) is 7.60. The van der Waals surface area contributed by atoms with Gasteiger partial charge in [-0.3, -0.25) is 4.90 Å². The number of aromatic carboxylic acids is 1. The van der Waals surface area contributed by atoms with Gasteiger partial charge in [-0.25, -0.2) is 4.79 Å². The van der Waals surface area contributed by atoms with E-state index < -0.39 is 5.97 Å². The summed E-state index contributed by atoms with van der Waals surface area (Å²) in [5, 5.41) is 13.3. The van der Waals surface area contributed by atoms with E-state index >= 15 is 0 Å². The third-order valence-corrected chi connectivity index (χ3v) is 6.64. The van der Waals surface area contributed by atoms with Crippen LogP contribution >= 0.6 is 11.3 Å². The Morgan fingerprint density at radius 1 is 1.52 bits per heavy atom. The first-order valence-electron chi connectivity index (χ1n) is 8.86. The van der Waals surface area contributed by atoms with Crippen LogP contribution in [0.25, 0.3) is 0 Å². The lowest BCUT2D eigenvalue weighted by atomic mass is 9.80. The topological polar surface area (TPSA) is 79.5 Å².